The van der Waals surface area contributed by atoms with Crippen LogP contribution in [0.25, 0.3) is 0 Å². The van der Waals surface area contributed by atoms with Gasteiger partial charge >= 0.3 is 0 Å². The lowest BCUT2D eigenvalue weighted by Crippen LogP contribution is -2.51. The molecule has 0 radical (unpaired) electrons. The standard InChI is InChI=1S/C12H17N3O4/c1-9-7-10(13-19-9)12(17)15-5-3-14(4-6-15)11(16)8-18-2/h7H,3-6,8H2,1-2H3. The summed E-state index contributed by atoms with van der Waals surface area (Å²) in [4.78, 5) is 27.1. The minimum absolute atomic E-state index is 0.0492. The number of ether oxygens (including phenoxy) is 1. The van der Waals surface area contributed by atoms with Gasteiger partial charge in [-0.25, -0.2) is 0 Å². The minimum Gasteiger partial charge on any atom is -0.375 e. The highest BCUT2D eigenvalue weighted by Crippen LogP contribution is 2.09. The van der Waals surface area contributed by atoms with Crippen molar-refractivity contribution >= 4 is 11.8 Å². The average molecular weight is 267 g/mol. The lowest BCUT2D eigenvalue weighted by molar-refractivity contribution is -0.136. The number of piperazine rings is 1. The number of carbonyl (C=O) groups excluding carboxylic acids is 2. The van der Waals surface area contributed by atoms with Crippen molar-refractivity contribution in [1.82, 2.24) is 15.0 Å². The molecule has 0 aromatic carbocycles. The molecule has 0 spiro atoms. The topological polar surface area (TPSA) is 75.9 Å². The van der Waals surface area contributed by atoms with Gasteiger partial charge in [-0.05, 0) is 6.92 Å². The van der Waals surface area contributed by atoms with Crippen LogP contribution in [0.1, 0.15) is 16.2 Å². The summed E-state index contributed by atoms with van der Waals surface area (Å²) in [6.45, 7) is 3.86. The van der Waals surface area contributed by atoms with E-state index in [9.17, 15) is 9.59 Å². The number of aryl methyl sites for hydroxylation is 1. The second-order valence-electron chi connectivity index (χ2n) is 4.43. The van der Waals surface area contributed by atoms with Gasteiger partial charge in [-0.3, -0.25) is 9.59 Å². The van der Waals surface area contributed by atoms with Crippen LogP contribution < -0.4 is 0 Å². The summed E-state index contributed by atoms with van der Waals surface area (Å²) in [6, 6.07) is 1.62. The molecule has 19 heavy (non-hydrogen) atoms. The van der Waals surface area contributed by atoms with Crippen LogP contribution in [0.15, 0.2) is 10.6 Å². The molecule has 1 aliphatic heterocycles. The van der Waals surface area contributed by atoms with Crippen LogP contribution in [-0.4, -0.2) is 66.7 Å². The van der Waals surface area contributed by atoms with Gasteiger partial charge in [0.1, 0.15) is 12.4 Å². The SMILES string of the molecule is COCC(=O)N1CCN(C(=O)c2cc(C)on2)CC1. The van der Waals surface area contributed by atoms with Crippen molar-refractivity contribution in [3.63, 3.8) is 0 Å². The van der Waals surface area contributed by atoms with E-state index in [1.807, 2.05) is 0 Å². The molecule has 1 aliphatic rings. The molecule has 0 atom stereocenters. The minimum atomic E-state index is -0.157. The molecule has 0 N–H and O–H groups in total. The molecule has 2 rings (SSSR count). The van der Waals surface area contributed by atoms with Crippen LogP contribution in [0.4, 0.5) is 0 Å². The van der Waals surface area contributed by atoms with Gasteiger partial charge in [-0.1, -0.05) is 5.16 Å². The molecule has 0 saturated carbocycles. The number of methoxy groups -OCH3 is 1. The van der Waals surface area contributed by atoms with Gasteiger partial charge in [0.2, 0.25) is 5.91 Å². The summed E-state index contributed by atoms with van der Waals surface area (Å²) in [5.41, 5.74) is 0.314. The first-order chi connectivity index (χ1) is 9.11. The third kappa shape index (κ3) is 3.11. The fraction of sp³-hybridized carbons (Fsp3) is 0.583. The number of hydrogen-bond acceptors (Lipinski definition) is 5. The van der Waals surface area contributed by atoms with E-state index in [1.165, 1.54) is 7.11 Å². The molecule has 1 fully saturated rings. The van der Waals surface area contributed by atoms with Crippen molar-refractivity contribution in [3.05, 3.63) is 17.5 Å². The van der Waals surface area contributed by atoms with Crippen molar-refractivity contribution < 1.29 is 18.8 Å². The summed E-state index contributed by atoms with van der Waals surface area (Å²) in [6.07, 6.45) is 0. The molecule has 0 bridgehead atoms. The number of amides is 2. The van der Waals surface area contributed by atoms with Crippen LogP contribution in [0.3, 0.4) is 0 Å². The van der Waals surface area contributed by atoms with Crippen LogP contribution in [0.5, 0.6) is 0 Å². The Bertz CT molecular complexity index is 463. The first kappa shape index (κ1) is 13.5. The summed E-state index contributed by atoms with van der Waals surface area (Å²) < 4.78 is 9.70. The Labute approximate surface area is 111 Å². The molecule has 0 aliphatic carbocycles. The predicted octanol–water partition coefficient (Wildman–Crippen LogP) is -0.0862. The number of aromatic nitrogens is 1. The first-order valence-corrected chi connectivity index (χ1v) is 6.11. The van der Waals surface area contributed by atoms with Crippen molar-refractivity contribution in [1.29, 1.82) is 0 Å². The van der Waals surface area contributed by atoms with E-state index < -0.39 is 0 Å². The second kappa shape index (κ2) is 5.83. The van der Waals surface area contributed by atoms with E-state index in [4.69, 9.17) is 9.26 Å². The van der Waals surface area contributed by atoms with Gasteiger partial charge in [-0.2, -0.15) is 0 Å². The van der Waals surface area contributed by atoms with Gasteiger partial charge in [0.25, 0.3) is 5.91 Å². The molecule has 2 amide bonds. The summed E-state index contributed by atoms with van der Waals surface area (Å²) in [5.74, 6) is 0.403. The lowest BCUT2D eigenvalue weighted by Gasteiger charge is -2.34. The Balaban J connectivity index is 1.89. The highest BCUT2D eigenvalue weighted by Gasteiger charge is 2.26. The van der Waals surface area contributed by atoms with E-state index in [-0.39, 0.29) is 18.4 Å². The normalized spacial score (nSPS) is 15.7. The maximum atomic E-state index is 12.1. The molecule has 7 nitrogen and oxygen atoms in total. The van der Waals surface area contributed by atoms with Crippen LogP contribution in [0, 0.1) is 6.92 Å². The van der Waals surface area contributed by atoms with Gasteiger partial charge in [-0.15, -0.1) is 0 Å². The fourth-order valence-electron chi connectivity index (χ4n) is 2.00. The average Bonchev–Trinajstić information content (AvgIpc) is 2.85. The quantitative estimate of drug-likeness (QED) is 0.765. The Morgan fingerprint density at radius 1 is 1.32 bits per heavy atom. The monoisotopic (exact) mass is 267 g/mol. The van der Waals surface area contributed by atoms with Crippen LogP contribution >= 0.6 is 0 Å². The molecule has 7 heteroatoms. The zero-order valence-corrected chi connectivity index (χ0v) is 11.1. The van der Waals surface area contributed by atoms with Crippen molar-refractivity contribution in [2.45, 2.75) is 6.92 Å². The van der Waals surface area contributed by atoms with Crippen molar-refractivity contribution in [3.8, 4) is 0 Å². The third-order valence-corrected chi connectivity index (χ3v) is 3.03. The number of rotatable bonds is 3. The molecular formula is C12H17N3O4. The lowest BCUT2D eigenvalue weighted by atomic mass is 10.2. The van der Waals surface area contributed by atoms with Gasteiger partial charge in [0.05, 0.1) is 0 Å². The zero-order chi connectivity index (χ0) is 13.8. The van der Waals surface area contributed by atoms with Gasteiger partial charge < -0.3 is 19.1 Å². The van der Waals surface area contributed by atoms with E-state index in [0.717, 1.165) is 0 Å². The maximum Gasteiger partial charge on any atom is 0.276 e. The first-order valence-electron chi connectivity index (χ1n) is 6.11. The number of nitrogens with zero attached hydrogens (tertiary/aromatic N) is 3. The largest absolute Gasteiger partial charge is 0.375 e. The smallest absolute Gasteiger partial charge is 0.276 e. The van der Waals surface area contributed by atoms with Crippen molar-refractivity contribution in [2.75, 3.05) is 39.9 Å². The molecule has 0 unspecified atom stereocenters. The van der Waals surface area contributed by atoms with E-state index in [2.05, 4.69) is 5.16 Å². The highest BCUT2D eigenvalue weighted by atomic mass is 16.5. The highest BCUT2D eigenvalue weighted by molar-refractivity contribution is 5.92. The Morgan fingerprint density at radius 3 is 2.47 bits per heavy atom. The summed E-state index contributed by atoms with van der Waals surface area (Å²) in [5, 5.41) is 3.71. The third-order valence-electron chi connectivity index (χ3n) is 3.03. The molecule has 104 valence electrons. The van der Waals surface area contributed by atoms with Crippen LogP contribution in [-0.2, 0) is 9.53 Å². The molecule has 1 aromatic heterocycles. The second-order valence-corrected chi connectivity index (χ2v) is 4.43. The van der Waals surface area contributed by atoms with Gasteiger partial charge in [0.15, 0.2) is 5.69 Å². The Kier molecular flexibility index (Phi) is 4.16. The van der Waals surface area contributed by atoms with Crippen LogP contribution in [0.2, 0.25) is 0 Å². The van der Waals surface area contributed by atoms with Gasteiger partial charge in [0, 0.05) is 39.4 Å². The van der Waals surface area contributed by atoms with E-state index in [1.54, 1.807) is 22.8 Å². The van der Waals surface area contributed by atoms with E-state index >= 15 is 0 Å². The molecule has 2 heterocycles. The maximum absolute atomic E-state index is 12.1. The molecular weight excluding hydrogens is 250 g/mol. The Hall–Kier alpha value is -1.89. The summed E-state index contributed by atoms with van der Waals surface area (Å²) >= 11 is 0. The molecule has 1 aromatic rings. The fourth-order valence-corrected chi connectivity index (χ4v) is 2.00. The number of hydrogen-bond donors (Lipinski definition) is 0. The Morgan fingerprint density at radius 2 is 1.95 bits per heavy atom. The predicted molar refractivity (Wildman–Crippen MR) is 65.6 cm³/mol. The van der Waals surface area contributed by atoms with E-state index in [0.29, 0.717) is 37.6 Å². The summed E-state index contributed by atoms with van der Waals surface area (Å²) in [7, 11) is 1.49. The zero-order valence-electron chi connectivity index (χ0n) is 11.1. The van der Waals surface area contributed by atoms with Crippen molar-refractivity contribution in [2.24, 2.45) is 0 Å². The molecule has 1 saturated heterocycles. The number of carbonyl (C=O) groups is 2.